The van der Waals surface area contributed by atoms with Gasteiger partial charge in [0.2, 0.25) is 0 Å². The first kappa shape index (κ1) is 16.7. The van der Waals surface area contributed by atoms with Crippen LogP contribution in [0.3, 0.4) is 0 Å². The summed E-state index contributed by atoms with van der Waals surface area (Å²) in [5.74, 6) is 0. The van der Waals surface area contributed by atoms with Crippen LogP contribution in [0.15, 0.2) is 39.4 Å². The van der Waals surface area contributed by atoms with Gasteiger partial charge in [0.1, 0.15) is 5.60 Å². The van der Waals surface area contributed by atoms with Crippen molar-refractivity contribution < 1.29 is 5.11 Å². The molecule has 6 heteroatoms. The Morgan fingerprint density at radius 2 is 2.05 bits per heavy atom. The van der Waals surface area contributed by atoms with Crippen molar-refractivity contribution in [2.24, 2.45) is 0 Å². The highest BCUT2D eigenvalue weighted by atomic mass is 79.9. The van der Waals surface area contributed by atoms with Crippen LogP contribution < -0.4 is 0 Å². The van der Waals surface area contributed by atoms with Gasteiger partial charge in [-0.25, -0.2) is 0 Å². The normalized spacial score (nSPS) is 14.4. The van der Waals surface area contributed by atoms with Crippen LogP contribution >= 0.6 is 31.9 Å². The van der Waals surface area contributed by atoms with Crippen LogP contribution in [-0.4, -0.2) is 40.4 Å². The van der Waals surface area contributed by atoms with E-state index in [1.54, 1.807) is 13.1 Å². The van der Waals surface area contributed by atoms with Gasteiger partial charge in [-0.15, -0.1) is 0 Å². The molecule has 1 heterocycles. The maximum Gasteiger partial charge on any atom is 0.129 e. The summed E-state index contributed by atoms with van der Waals surface area (Å²) in [7, 11) is 4.04. The Balaban J connectivity index is 2.42. The Hall–Kier alpha value is -0.690. The monoisotopic (exact) mass is 415 g/mol. The second-order valence-electron chi connectivity index (χ2n) is 5.45. The average Bonchev–Trinajstić information content (AvgIpc) is 2.78. The van der Waals surface area contributed by atoms with Crippen molar-refractivity contribution in [3.8, 4) is 0 Å². The summed E-state index contributed by atoms with van der Waals surface area (Å²) < 4.78 is 3.60. The minimum absolute atomic E-state index is 0.720. The first-order valence-electron chi connectivity index (χ1n) is 6.67. The number of rotatable bonds is 5. The summed E-state index contributed by atoms with van der Waals surface area (Å²) in [5.41, 5.74) is 0.470. The zero-order chi connectivity index (χ0) is 15.6. The van der Waals surface area contributed by atoms with E-state index in [4.69, 9.17) is 0 Å². The van der Waals surface area contributed by atoms with Gasteiger partial charge in [-0.1, -0.05) is 28.1 Å². The fourth-order valence-corrected chi connectivity index (χ4v) is 3.32. The van der Waals surface area contributed by atoms with Crippen molar-refractivity contribution in [2.45, 2.75) is 19.1 Å². The predicted octanol–water partition coefficient (Wildman–Crippen LogP) is 3.23. The van der Waals surface area contributed by atoms with E-state index in [9.17, 15) is 5.11 Å². The molecule has 0 amide bonds. The smallest absolute Gasteiger partial charge is 0.129 e. The number of hydrogen-bond acceptors (Lipinski definition) is 3. The summed E-state index contributed by atoms with van der Waals surface area (Å²) in [6.45, 7) is 3.37. The number of aliphatic hydroxyl groups is 1. The van der Waals surface area contributed by atoms with E-state index in [0.717, 1.165) is 33.3 Å². The first-order valence-corrected chi connectivity index (χ1v) is 8.26. The molecule has 2 rings (SSSR count). The Morgan fingerprint density at radius 1 is 1.33 bits per heavy atom. The van der Waals surface area contributed by atoms with Crippen molar-refractivity contribution >= 4 is 31.9 Å². The maximum absolute atomic E-state index is 11.1. The Bertz CT molecular complexity index is 623. The van der Waals surface area contributed by atoms with Gasteiger partial charge in [-0.05, 0) is 54.6 Å². The number of hydrogen-bond donors (Lipinski definition) is 1. The van der Waals surface area contributed by atoms with E-state index < -0.39 is 5.60 Å². The van der Waals surface area contributed by atoms with Gasteiger partial charge in [0.15, 0.2) is 0 Å². The summed E-state index contributed by atoms with van der Waals surface area (Å²) in [4.78, 5) is 2.09. The molecule has 2 aromatic rings. The van der Waals surface area contributed by atoms with Crippen LogP contribution in [0, 0.1) is 0 Å². The highest BCUT2D eigenvalue weighted by Crippen LogP contribution is 2.35. The van der Waals surface area contributed by atoms with E-state index in [1.807, 2.05) is 43.0 Å². The number of nitrogens with zero attached hydrogens (tertiary/aromatic N) is 3. The van der Waals surface area contributed by atoms with Gasteiger partial charge in [-0.3, -0.25) is 4.68 Å². The lowest BCUT2D eigenvalue weighted by Gasteiger charge is -2.26. The Morgan fingerprint density at radius 3 is 2.67 bits per heavy atom. The molecule has 0 bridgehead atoms. The minimum Gasteiger partial charge on any atom is -0.379 e. The molecule has 0 saturated carbocycles. The first-order chi connectivity index (χ1) is 9.82. The van der Waals surface area contributed by atoms with Crippen LogP contribution in [0.2, 0.25) is 0 Å². The molecule has 0 aliphatic heterocycles. The van der Waals surface area contributed by atoms with Crippen LogP contribution in [0.4, 0.5) is 0 Å². The largest absolute Gasteiger partial charge is 0.379 e. The van der Waals surface area contributed by atoms with Crippen molar-refractivity contribution in [2.75, 3.05) is 20.6 Å². The number of benzene rings is 1. The third kappa shape index (κ3) is 3.74. The summed E-state index contributed by atoms with van der Waals surface area (Å²) in [5, 5.41) is 15.4. The fraction of sp³-hybridized carbons (Fsp3) is 0.400. The molecule has 0 saturated heterocycles. The third-order valence-electron chi connectivity index (χ3n) is 3.40. The standard InChI is InChI=1S/C15H19Br2N3O/c1-15(21,11-5-4-6-12(16)9-11)14-13(17)10-18-20(14)8-7-19(2)3/h4-6,9-10,21H,7-8H2,1-3H3. The van der Waals surface area contributed by atoms with Gasteiger partial charge in [0.05, 0.1) is 22.9 Å². The molecule has 4 nitrogen and oxygen atoms in total. The van der Waals surface area contributed by atoms with Gasteiger partial charge in [0.25, 0.3) is 0 Å². The number of aromatic nitrogens is 2. The van der Waals surface area contributed by atoms with Crippen molar-refractivity contribution in [3.05, 3.63) is 50.7 Å². The van der Waals surface area contributed by atoms with E-state index >= 15 is 0 Å². The molecular formula is C15H19Br2N3O. The summed E-state index contributed by atoms with van der Waals surface area (Å²) in [6.07, 6.45) is 1.73. The van der Waals surface area contributed by atoms with Crippen molar-refractivity contribution in [1.82, 2.24) is 14.7 Å². The third-order valence-corrected chi connectivity index (χ3v) is 4.48. The fourth-order valence-electron chi connectivity index (χ4n) is 2.24. The SMILES string of the molecule is CN(C)CCn1ncc(Br)c1C(C)(O)c1cccc(Br)c1. The van der Waals surface area contributed by atoms with Crippen LogP contribution in [0.1, 0.15) is 18.2 Å². The highest BCUT2D eigenvalue weighted by Gasteiger charge is 2.32. The average molecular weight is 417 g/mol. The lowest BCUT2D eigenvalue weighted by Crippen LogP contribution is -2.29. The molecule has 1 aromatic heterocycles. The van der Waals surface area contributed by atoms with Gasteiger partial charge >= 0.3 is 0 Å². The van der Waals surface area contributed by atoms with Gasteiger partial charge in [-0.2, -0.15) is 5.10 Å². The second kappa shape index (κ2) is 6.60. The van der Waals surface area contributed by atoms with Crippen molar-refractivity contribution in [3.63, 3.8) is 0 Å². The molecule has 0 spiro atoms. The van der Waals surface area contributed by atoms with Crippen molar-refractivity contribution in [1.29, 1.82) is 0 Å². The summed E-state index contributed by atoms with van der Waals surface area (Å²) in [6, 6.07) is 7.70. The number of halogens is 2. The van der Waals surface area contributed by atoms with Gasteiger partial charge < -0.3 is 10.0 Å². The lowest BCUT2D eigenvalue weighted by atomic mass is 9.92. The molecule has 114 valence electrons. The van der Waals surface area contributed by atoms with Crippen LogP contribution in [-0.2, 0) is 12.1 Å². The maximum atomic E-state index is 11.1. The zero-order valence-corrected chi connectivity index (χ0v) is 15.5. The molecule has 1 atom stereocenters. The predicted molar refractivity (Wildman–Crippen MR) is 91.3 cm³/mol. The van der Waals surface area contributed by atoms with E-state index in [1.165, 1.54) is 0 Å². The van der Waals surface area contributed by atoms with E-state index in [2.05, 4.69) is 41.9 Å². The number of likely N-dealkylation sites (N-methyl/N-ethyl adjacent to an activating group) is 1. The van der Waals surface area contributed by atoms with Gasteiger partial charge in [0, 0.05) is 11.0 Å². The zero-order valence-electron chi connectivity index (χ0n) is 12.3. The van der Waals surface area contributed by atoms with Crippen LogP contribution in [0.5, 0.6) is 0 Å². The molecule has 1 unspecified atom stereocenters. The lowest BCUT2D eigenvalue weighted by molar-refractivity contribution is 0.0900. The second-order valence-corrected chi connectivity index (χ2v) is 7.22. The topological polar surface area (TPSA) is 41.3 Å². The highest BCUT2D eigenvalue weighted by molar-refractivity contribution is 9.10. The van der Waals surface area contributed by atoms with E-state index in [-0.39, 0.29) is 0 Å². The van der Waals surface area contributed by atoms with E-state index in [0.29, 0.717) is 0 Å². The molecule has 0 aliphatic carbocycles. The molecule has 0 radical (unpaired) electrons. The molecule has 1 aromatic carbocycles. The Kier molecular flexibility index (Phi) is 5.24. The molecule has 1 N–H and O–H groups in total. The summed E-state index contributed by atoms with van der Waals surface area (Å²) >= 11 is 6.96. The van der Waals surface area contributed by atoms with Crippen LogP contribution in [0.25, 0.3) is 0 Å². The molecule has 0 aliphatic rings. The molecule has 0 fully saturated rings. The molecular weight excluding hydrogens is 398 g/mol. The molecule has 21 heavy (non-hydrogen) atoms. The Labute approximate surface area is 142 Å². The quantitative estimate of drug-likeness (QED) is 0.813. The minimum atomic E-state index is -1.12.